The van der Waals surface area contributed by atoms with Crippen LogP contribution in [0.5, 0.6) is 0 Å². The van der Waals surface area contributed by atoms with Gasteiger partial charge in [-0.3, -0.25) is 14.6 Å². The number of sulfonamides is 1. The van der Waals surface area contributed by atoms with Gasteiger partial charge in [-0.1, -0.05) is 36.4 Å². The summed E-state index contributed by atoms with van der Waals surface area (Å²) in [7, 11) is -3.48. The van der Waals surface area contributed by atoms with E-state index in [9.17, 15) is 13.2 Å². The number of nitrogens with one attached hydrogen (secondary N) is 2. The molecule has 2 aromatic heterocycles. The highest BCUT2D eigenvalue weighted by atomic mass is 32.2. The number of fused-ring (bicyclic) bond motifs is 2. The first-order valence-electron chi connectivity index (χ1n) is 7.50. The molecule has 7 nitrogen and oxygen atoms in total. The Hall–Kier alpha value is -3.13. The number of aromatic amines is 1. The quantitative estimate of drug-likeness (QED) is 0.589. The third-order valence-electron chi connectivity index (χ3n) is 3.81. The fourth-order valence-corrected chi connectivity index (χ4v) is 3.32. The first-order valence-corrected chi connectivity index (χ1v) is 9.39. The second-order valence-corrected chi connectivity index (χ2v) is 7.47. The van der Waals surface area contributed by atoms with Crippen LogP contribution in [0.4, 0.5) is 5.69 Å². The second kappa shape index (κ2) is 5.45. The summed E-state index contributed by atoms with van der Waals surface area (Å²) in [6.45, 7) is 0. The lowest BCUT2D eigenvalue weighted by Gasteiger charge is -2.07. The minimum absolute atomic E-state index is 0.280. The lowest BCUT2D eigenvalue weighted by atomic mass is 10.2. The predicted octanol–water partition coefficient (Wildman–Crippen LogP) is 2.21. The average molecular weight is 354 g/mol. The number of hydrogen-bond donors (Lipinski definition) is 2. The van der Waals surface area contributed by atoms with Gasteiger partial charge >= 0.3 is 0 Å². The standard InChI is InChI=1S/C17H14N4O3S/c1-25(23,24)20-13-9-5-8-12-16(13)18-15-10-14(19-21(15)17(12)22)11-6-3-2-4-7-11/h2-10,19-20H,1H3. The average Bonchev–Trinajstić information content (AvgIpc) is 3.00. The number of rotatable bonds is 3. The minimum atomic E-state index is -3.48. The van der Waals surface area contributed by atoms with E-state index >= 15 is 0 Å². The summed E-state index contributed by atoms with van der Waals surface area (Å²) in [6, 6.07) is 16.1. The van der Waals surface area contributed by atoms with E-state index in [1.165, 1.54) is 4.52 Å². The third-order valence-corrected chi connectivity index (χ3v) is 4.40. The van der Waals surface area contributed by atoms with Gasteiger partial charge in [0, 0.05) is 6.07 Å². The van der Waals surface area contributed by atoms with E-state index in [2.05, 4.69) is 14.8 Å². The second-order valence-electron chi connectivity index (χ2n) is 5.72. The number of hydrogen-bond acceptors (Lipinski definition) is 4. The molecule has 2 N–H and O–H groups in total. The molecule has 0 atom stereocenters. The van der Waals surface area contributed by atoms with Crippen molar-refractivity contribution in [1.29, 1.82) is 0 Å². The largest absolute Gasteiger partial charge is 0.289 e. The zero-order chi connectivity index (χ0) is 17.6. The summed E-state index contributed by atoms with van der Waals surface area (Å²) in [5, 5.41) is 3.37. The number of H-pyrrole nitrogens is 1. The topological polar surface area (TPSA) is 96.3 Å². The van der Waals surface area contributed by atoms with Gasteiger partial charge in [0.1, 0.15) is 5.52 Å². The smallest absolute Gasteiger partial charge is 0.280 e. The Morgan fingerprint density at radius 2 is 1.84 bits per heavy atom. The molecule has 0 aliphatic carbocycles. The van der Waals surface area contributed by atoms with Gasteiger partial charge in [-0.15, -0.1) is 0 Å². The van der Waals surface area contributed by atoms with Crippen LogP contribution in [-0.2, 0) is 10.0 Å². The van der Waals surface area contributed by atoms with Crippen molar-refractivity contribution < 1.29 is 8.42 Å². The number of benzene rings is 2. The van der Waals surface area contributed by atoms with Crippen molar-refractivity contribution in [2.45, 2.75) is 0 Å². The van der Waals surface area contributed by atoms with Crippen molar-refractivity contribution in [3.05, 3.63) is 65.0 Å². The van der Waals surface area contributed by atoms with E-state index in [1.54, 1.807) is 24.3 Å². The maximum atomic E-state index is 12.8. The van der Waals surface area contributed by atoms with Crippen molar-refractivity contribution in [2.24, 2.45) is 0 Å². The Balaban J connectivity index is 2.00. The van der Waals surface area contributed by atoms with Gasteiger partial charge in [-0.2, -0.15) is 0 Å². The molecule has 126 valence electrons. The predicted molar refractivity (Wildman–Crippen MR) is 97.2 cm³/mol. The highest BCUT2D eigenvalue weighted by molar-refractivity contribution is 7.92. The molecule has 0 amide bonds. The van der Waals surface area contributed by atoms with Crippen LogP contribution in [-0.4, -0.2) is 29.3 Å². The van der Waals surface area contributed by atoms with Crippen molar-refractivity contribution >= 4 is 32.3 Å². The van der Waals surface area contributed by atoms with E-state index in [4.69, 9.17) is 0 Å². The first kappa shape index (κ1) is 15.4. The van der Waals surface area contributed by atoms with Crippen LogP contribution in [0.3, 0.4) is 0 Å². The number of aromatic nitrogens is 3. The number of anilines is 1. The lowest BCUT2D eigenvalue weighted by molar-refractivity contribution is 0.607. The van der Waals surface area contributed by atoms with Crippen LogP contribution in [0.2, 0.25) is 0 Å². The van der Waals surface area contributed by atoms with Crippen LogP contribution in [0, 0.1) is 0 Å². The highest BCUT2D eigenvalue weighted by Crippen LogP contribution is 2.23. The van der Waals surface area contributed by atoms with Gasteiger partial charge in [0.2, 0.25) is 10.0 Å². The summed E-state index contributed by atoms with van der Waals surface area (Å²) < 4.78 is 26.9. The van der Waals surface area contributed by atoms with Crippen molar-refractivity contribution in [1.82, 2.24) is 14.6 Å². The van der Waals surface area contributed by atoms with Gasteiger partial charge in [0.05, 0.1) is 23.0 Å². The normalized spacial score (nSPS) is 11.9. The molecule has 0 fully saturated rings. The Morgan fingerprint density at radius 1 is 1.08 bits per heavy atom. The molecule has 0 aliphatic heterocycles. The van der Waals surface area contributed by atoms with Gasteiger partial charge < -0.3 is 0 Å². The zero-order valence-corrected chi connectivity index (χ0v) is 14.0. The minimum Gasteiger partial charge on any atom is -0.289 e. The van der Waals surface area contributed by atoms with E-state index in [-0.39, 0.29) is 11.2 Å². The maximum Gasteiger partial charge on any atom is 0.280 e. The highest BCUT2D eigenvalue weighted by Gasteiger charge is 2.14. The third kappa shape index (κ3) is 2.76. The Labute approximate surface area is 143 Å². The first-order chi connectivity index (χ1) is 11.9. The van der Waals surface area contributed by atoms with Crippen molar-refractivity contribution in [3.63, 3.8) is 0 Å². The van der Waals surface area contributed by atoms with Gasteiger partial charge in [-0.25, -0.2) is 17.9 Å². The summed E-state index contributed by atoms with van der Waals surface area (Å²) in [4.78, 5) is 17.2. The molecule has 4 aromatic rings. The summed E-state index contributed by atoms with van der Waals surface area (Å²) in [5.41, 5.74) is 2.39. The SMILES string of the molecule is CS(=O)(=O)Nc1cccc2c(=O)n3[nH]c(-c4ccccc4)cc3nc12. The van der Waals surface area contributed by atoms with Crippen LogP contribution >= 0.6 is 0 Å². The zero-order valence-electron chi connectivity index (χ0n) is 13.2. The molecule has 8 heteroatoms. The fraction of sp³-hybridized carbons (Fsp3) is 0.0588. The van der Waals surface area contributed by atoms with Crippen molar-refractivity contribution in [2.75, 3.05) is 11.0 Å². The fourth-order valence-electron chi connectivity index (χ4n) is 2.76. The molecule has 0 saturated heterocycles. The van der Waals surface area contributed by atoms with E-state index in [0.717, 1.165) is 17.5 Å². The van der Waals surface area contributed by atoms with Crippen LogP contribution in [0.15, 0.2) is 59.4 Å². The molecule has 25 heavy (non-hydrogen) atoms. The molecular weight excluding hydrogens is 340 g/mol. The van der Waals surface area contributed by atoms with Gasteiger partial charge in [0.15, 0.2) is 5.65 Å². The Kier molecular flexibility index (Phi) is 3.36. The molecule has 0 aliphatic rings. The molecule has 0 radical (unpaired) electrons. The summed E-state index contributed by atoms with van der Waals surface area (Å²) >= 11 is 0. The monoisotopic (exact) mass is 354 g/mol. The Morgan fingerprint density at radius 3 is 2.56 bits per heavy atom. The van der Waals surface area contributed by atoms with Gasteiger partial charge in [-0.05, 0) is 17.7 Å². The molecular formula is C17H14N4O3S. The van der Waals surface area contributed by atoms with E-state index in [0.29, 0.717) is 16.6 Å². The molecule has 0 spiro atoms. The van der Waals surface area contributed by atoms with Crippen LogP contribution in [0.25, 0.3) is 27.8 Å². The Bertz CT molecular complexity index is 1260. The van der Waals surface area contributed by atoms with Crippen LogP contribution < -0.4 is 10.3 Å². The van der Waals surface area contributed by atoms with Crippen LogP contribution in [0.1, 0.15) is 0 Å². The molecule has 2 aromatic carbocycles. The molecule has 2 heterocycles. The molecule has 4 rings (SSSR count). The maximum absolute atomic E-state index is 12.8. The van der Waals surface area contributed by atoms with E-state index < -0.39 is 10.0 Å². The van der Waals surface area contributed by atoms with Gasteiger partial charge in [0.25, 0.3) is 5.56 Å². The molecule has 0 bridgehead atoms. The number of para-hydroxylation sites is 1. The molecule has 0 unspecified atom stereocenters. The summed E-state index contributed by atoms with van der Waals surface area (Å²) in [5.74, 6) is 0. The summed E-state index contributed by atoms with van der Waals surface area (Å²) in [6.07, 6.45) is 1.06. The molecule has 0 saturated carbocycles. The van der Waals surface area contributed by atoms with Crippen molar-refractivity contribution in [3.8, 4) is 11.3 Å². The lowest BCUT2D eigenvalue weighted by Crippen LogP contribution is -2.17. The number of nitrogens with zero attached hydrogens (tertiary/aromatic N) is 2. The van der Waals surface area contributed by atoms with E-state index in [1.807, 2.05) is 30.3 Å².